The van der Waals surface area contributed by atoms with Crippen LogP contribution in [0.5, 0.6) is 0 Å². The zero-order valence-corrected chi connectivity index (χ0v) is 14.6. The van der Waals surface area contributed by atoms with Crippen LogP contribution >= 0.6 is 0 Å². The standard InChI is InChI=1S/C20H22N4O2/c21-15-7-3-10-18-14(15)6-5-13-24(18)20(26)17-9-4-8-16(22-17)19(25)23-11-1-2-12-23/h3-4,7-10H,1-2,5-6,11-13,21H2. The summed E-state index contributed by atoms with van der Waals surface area (Å²) >= 11 is 0. The van der Waals surface area contributed by atoms with Crippen LogP contribution in [0.2, 0.25) is 0 Å². The number of fused-ring (bicyclic) bond motifs is 1. The van der Waals surface area contributed by atoms with Gasteiger partial charge in [0.25, 0.3) is 11.8 Å². The Labute approximate surface area is 152 Å². The van der Waals surface area contributed by atoms with Gasteiger partial charge in [-0.25, -0.2) is 4.98 Å². The summed E-state index contributed by atoms with van der Waals surface area (Å²) in [6, 6.07) is 10.7. The topological polar surface area (TPSA) is 79.5 Å². The van der Waals surface area contributed by atoms with Crippen molar-refractivity contribution in [3.8, 4) is 0 Å². The number of nitrogen functional groups attached to an aromatic ring is 1. The highest BCUT2D eigenvalue weighted by Gasteiger charge is 2.27. The van der Waals surface area contributed by atoms with Crippen molar-refractivity contribution in [2.45, 2.75) is 25.7 Å². The number of hydrogen-bond acceptors (Lipinski definition) is 4. The van der Waals surface area contributed by atoms with Crippen LogP contribution in [0, 0.1) is 0 Å². The molecule has 0 spiro atoms. The molecule has 1 fully saturated rings. The summed E-state index contributed by atoms with van der Waals surface area (Å²) in [5.74, 6) is -0.284. The van der Waals surface area contributed by atoms with Gasteiger partial charge in [0.2, 0.25) is 0 Å². The van der Waals surface area contributed by atoms with Crippen molar-refractivity contribution in [2.75, 3.05) is 30.3 Å². The van der Waals surface area contributed by atoms with E-state index in [0.29, 0.717) is 23.6 Å². The first kappa shape index (κ1) is 16.6. The van der Waals surface area contributed by atoms with Crippen LogP contribution in [-0.2, 0) is 6.42 Å². The number of carbonyl (C=O) groups excluding carboxylic acids is 2. The fourth-order valence-corrected chi connectivity index (χ4v) is 3.76. The lowest BCUT2D eigenvalue weighted by atomic mass is 9.99. The Bertz CT molecular complexity index is 859. The highest BCUT2D eigenvalue weighted by Crippen LogP contribution is 2.32. The van der Waals surface area contributed by atoms with E-state index in [1.165, 1.54) is 0 Å². The minimum absolute atomic E-state index is 0.0968. The number of rotatable bonds is 2. The highest BCUT2D eigenvalue weighted by molar-refractivity contribution is 6.06. The quantitative estimate of drug-likeness (QED) is 0.844. The number of nitrogens with two attached hydrogens (primary N) is 1. The summed E-state index contributed by atoms with van der Waals surface area (Å²) < 4.78 is 0. The average molecular weight is 350 g/mol. The third kappa shape index (κ3) is 2.92. The van der Waals surface area contributed by atoms with E-state index >= 15 is 0 Å². The number of pyridine rings is 1. The Kier molecular flexibility index (Phi) is 4.32. The van der Waals surface area contributed by atoms with E-state index in [2.05, 4.69) is 4.98 Å². The smallest absolute Gasteiger partial charge is 0.276 e. The van der Waals surface area contributed by atoms with Crippen LogP contribution in [0.15, 0.2) is 36.4 Å². The molecule has 0 saturated carbocycles. The second kappa shape index (κ2) is 6.78. The number of carbonyl (C=O) groups is 2. The minimum Gasteiger partial charge on any atom is -0.398 e. The van der Waals surface area contributed by atoms with E-state index in [9.17, 15) is 9.59 Å². The lowest BCUT2D eigenvalue weighted by Gasteiger charge is -2.30. The van der Waals surface area contributed by atoms with Crippen molar-refractivity contribution in [1.29, 1.82) is 0 Å². The number of nitrogens with zero attached hydrogens (tertiary/aromatic N) is 3. The van der Waals surface area contributed by atoms with Crippen molar-refractivity contribution in [3.05, 3.63) is 53.3 Å². The number of amides is 2. The zero-order valence-electron chi connectivity index (χ0n) is 14.6. The molecule has 3 heterocycles. The van der Waals surface area contributed by atoms with E-state index in [-0.39, 0.29) is 11.8 Å². The first-order valence-corrected chi connectivity index (χ1v) is 9.11. The first-order valence-electron chi connectivity index (χ1n) is 9.11. The van der Waals surface area contributed by atoms with Crippen LogP contribution < -0.4 is 10.6 Å². The Morgan fingerprint density at radius 3 is 2.35 bits per heavy atom. The molecule has 0 bridgehead atoms. The molecule has 2 aliphatic rings. The van der Waals surface area contributed by atoms with Crippen molar-refractivity contribution in [1.82, 2.24) is 9.88 Å². The molecule has 2 N–H and O–H groups in total. The molecule has 2 aliphatic heterocycles. The SMILES string of the molecule is Nc1cccc2c1CCCN2C(=O)c1cccc(C(=O)N2CCCC2)n1. The van der Waals surface area contributed by atoms with Gasteiger partial charge in [-0.15, -0.1) is 0 Å². The van der Waals surface area contributed by atoms with Crippen molar-refractivity contribution >= 4 is 23.2 Å². The fourth-order valence-electron chi connectivity index (χ4n) is 3.76. The molecule has 0 radical (unpaired) electrons. The monoisotopic (exact) mass is 350 g/mol. The number of hydrogen-bond donors (Lipinski definition) is 1. The maximum absolute atomic E-state index is 13.1. The molecule has 6 heteroatoms. The molecule has 2 aromatic rings. The largest absolute Gasteiger partial charge is 0.398 e. The Hall–Kier alpha value is -2.89. The van der Waals surface area contributed by atoms with Crippen LogP contribution in [-0.4, -0.2) is 41.3 Å². The zero-order chi connectivity index (χ0) is 18.1. The van der Waals surface area contributed by atoms with Crippen molar-refractivity contribution in [3.63, 3.8) is 0 Å². The van der Waals surface area contributed by atoms with Gasteiger partial charge >= 0.3 is 0 Å². The molecule has 1 aromatic heterocycles. The summed E-state index contributed by atoms with van der Waals surface area (Å²) in [5.41, 5.74) is 9.28. The third-order valence-corrected chi connectivity index (χ3v) is 5.11. The molecule has 1 saturated heterocycles. The second-order valence-electron chi connectivity index (χ2n) is 6.81. The molecule has 0 aliphatic carbocycles. The first-order chi connectivity index (χ1) is 12.6. The van der Waals surface area contributed by atoms with Crippen molar-refractivity contribution in [2.24, 2.45) is 0 Å². The molecule has 1 aromatic carbocycles. The number of benzene rings is 1. The normalized spacial score (nSPS) is 16.5. The van der Waals surface area contributed by atoms with Crippen molar-refractivity contribution < 1.29 is 9.59 Å². The average Bonchev–Trinajstić information content (AvgIpc) is 3.22. The highest BCUT2D eigenvalue weighted by atomic mass is 16.2. The summed E-state index contributed by atoms with van der Waals surface area (Å²) in [6.07, 6.45) is 3.78. The molecule has 0 unspecified atom stereocenters. The van der Waals surface area contributed by atoms with Crippen LogP contribution in [0.25, 0.3) is 0 Å². The molecule has 6 nitrogen and oxygen atoms in total. The maximum Gasteiger partial charge on any atom is 0.276 e. The molecule has 2 amide bonds. The molecular weight excluding hydrogens is 328 g/mol. The lowest BCUT2D eigenvalue weighted by Crippen LogP contribution is -2.36. The van der Waals surface area contributed by atoms with Gasteiger partial charge in [-0.1, -0.05) is 12.1 Å². The van der Waals surface area contributed by atoms with Gasteiger partial charge in [0.1, 0.15) is 11.4 Å². The molecule has 134 valence electrons. The van der Waals surface area contributed by atoms with E-state index in [0.717, 1.165) is 50.0 Å². The summed E-state index contributed by atoms with van der Waals surface area (Å²) in [5, 5.41) is 0. The van der Waals surface area contributed by atoms with Crippen LogP contribution in [0.1, 0.15) is 45.8 Å². The van der Waals surface area contributed by atoms with Gasteiger partial charge in [0, 0.05) is 31.0 Å². The summed E-state index contributed by atoms with van der Waals surface area (Å²) in [7, 11) is 0. The van der Waals surface area contributed by atoms with E-state index in [4.69, 9.17) is 5.73 Å². The van der Waals surface area contributed by atoms with E-state index < -0.39 is 0 Å². The lowest BCUT2D eigenvalue weighted by molar-refractivity contribution is 0.0787. The van der Waals surface area contributed by atoms with Gasteiger partial charge in [-0.05, 0) is 55.5 Å². The molecular formula is C20H22N4O2. The Morgan fingerprint density at radius 2 is 1.58 bits per heavy atom. The summed E-state index contributed by atoms with van der Waals surface area (Å²) in [4.78, 5) is 33.5. The number of aromatic nitrogens is 1. The number of likely N-dealkylation sites (tertiary alicyclic amines) is 1. The minimum atomic E-state index is -0.187. The molecule has 0 atom stereocenters. The van der Waals surface area contributed by atoms with E-state index in [1.807, 2.05) is 18.2 Å². The van der Waals surface area contributed by atoms with E-state index in [1.54, 1.807) is 28.0 Å². The Morgan fingerprint density at radius 1 is 0.885 bits per heavy atom. The fraction of sp³-hybridized carbons (Fsp3) is 0.350. The predicted molar refractivity (Wildman–Crippen MR) is 100 cm³/mol. The number of anilines is 2. The Balaban J connectivity index is 1.63. The second-order valence-corrected chi connectivity index (χ2v) is 6.81. The third-order valence-electron chi connectivity index (χ3n) is 5.11. The van der Waals surface area contributed by atoms with Crippen LogP contribution in [0.4, 0.5) is 11.4 Å². The summed E-state index contributed by atoms with van der Waals surface area (Å²) in [6.45, 7) is 2.15. The molecule has 4 rings (SSSR count). The van der Waals surface area contributed by atoms with Gasteiger partial charge in [-0.3, -0.25) is 9.59 Å². The maximum atomic E-state index is 13.1. The van der Waals surface area contributed by atoms with Gasteiger partial charge in [0.15, 0.2) is 0 Å². The van der Waals surface area contributed by atoms with Crippen LogP contribution in [0.3, 0.4) is 0 Å². The molecule has 26 heavy (non-hydrogen) atoms. The predicted octanol–water partition coefficient (Wildman–Crippen LogP) is 2.49. The van der Waals surface area contributed by atoms with Gasteiger partial charge in [-0.2, -0.15) is 0 Å². The van der Waals surface area contributed by atoms with Gasteiger partial charge in [0.05, 0.1) is 0 Å². The van der Waals surface area contributed by atoms with Gasteiger partial charge < -0.3 is 15.5 Å².